The van der Waals surface area contributed by atoms with Crippen LogP contribution in [0.3, 0.4) is 0 Å². The number of aromatic amines is 1. The molecule has 0 aliphatic carbocycles. The molecule has 0 radical (unpaired) electrons. The van der Waals surface area contributed by atoms with Crippen molar-refractivity contribution >= 4 is 52.4 Å². The fraction of sp³-hybridized carbons (Fsp3) is 0.278. The number of thioether (sulfide) groups is 2. The van der Waals surface area contributed by atoms with Gasteiger partial charge in [-0.15, -0.1) is 23.5 Å². The number of ether oxygens (including phenoxy) is 1. The van der Waals surface area contributed by atoms with Crippen LogP contribution in [0.2, 0.25) is 0 Å². The number of H-pyrrole nitrogens is 1. The smallest absolute Gasteiger partial charge is 0.338 e. The van der Waals surface area contributed by atoms with Gasteiger partial charge in [0.05, 0.1) is 16.5 Å². The average molecular weight is 416 g/mol. The summed E-state index contributed by atoms with van der Waals surface area (Å²) in [4.78, 5) is 39.6. The van der Waals surface area contributed by atoms with Crippen LogP contribution in [0.1, 0.15) is 27.4 Å². The van der Waals surface area contributed by atoms with Crippen molar-refractivity contribution in [1.82, 2.24) is 19.9 Å². The number of benzene rings is 1. The molecule has 0 bridgehead atoms. The lowest BCUT2D eigenvalue weighted by Crippen LogP contribution is -2.30. The number of aromatic nitrogens is 4. The minimum absolute atomic E-state index is 0.284. The molecule has 3 heterocycles. The summed E-state index contributed by atoms with van der Waals surface area (Å²) in [6.45, 7) is 1.51. The third kappa shape index (κ3) is 3.97. The molecule has 28 heavy (non-hydrogen) atoms. The molecule has 1 aliphatic heterocycles. The molecule has 1 amide bonds. The second kappa shape index (κ2) is 8.19. The minimum Gasteiger partial charge on any atom is -0.449 e. The van der Waals surface area contributed by atoms with Crippen molar-refractivity contribution in [1.29, 1.82) is 0 Å². The zero-order chi connectivity index (χ0) is 19.5. The first-order valence-corrected chi connectivity index (χ1v) is 10.7. The van der Waals surface area contributed by atoms with Gasteiger partial charge in [0.15, 0.2) is 17.6 Å². The summed E-state index contributed by atoms with van der Waals surface area (Å²) in [7, 11) is 0. The molecular weight excluding hydrogens is 398 g/mol. The Balaban J connectivity index is 1.38. The molecule has 1 saturated heterocycles. The Morgan fingerprint density at radius 3 is 2.68 bits per heavy atom. The lowest BCUT2D eigenvalue weighted by Gasteiger charge is -2.14. The van der Waals surface area contributed by atoms with Crippen LogP contribution in [0.4, 0.5) is 5.82 Å². The van der Waals surface area contributed by atoms with Gasteiger partial charge in [0.2, 0.25) is 0 Å². The van der Waals surface area contributed by atoms with Crippen LogP contribution >= 0.6 is 23.5 Å². The lowest BCUT2D eigenvalue weighted by atomic mass is 10.1. The zero-order valence-corrected chi connectivity index (χ0v) is 16.5. The highest BCUT2D eigenvalue weighted by Crippen LogP contribution is 2.45. The van der Waals surface area contributed by atoms with Crippen molar-refractivity contribution in [2.24, 2.45) is 0 Å². The largest absolute Gasteiger partial charge is 0.449 e. The van der Waals surface area contributed by atoms with Crippen LogP contribution in [0.25, 0.3) is 11.2 Å². The van der Waals surface area contributed by atoms with E-state index in [9.17, 15) is 9.59 Å². The number of fused-ring (bicyclic) bond motifs is 1. The van der Waals surface area contributed by atoms with E-state index in [1.54, 1.807) is 12.1 Å². The number of carbonyl (C=O) groups is 2. The molecule has 1 aliphatic rings. The number of nitrogens with zero attached hydrogens (tertiary/aromatic N) is 3. The summed E-state index contributed by atoms with van der Waals surface area (Å²) in [5.41, 5.74) is 2.54. The summed E-state index contributed by atoms with van der Waals surface area (Å²) < 4.78 is 5.72. The number of carbonyl (C=O) groups excluding carboxylic acids is 2. The van der Waals surface area contributed by atoms with Crippen LogP contribution < -0.4 is 5.32 Å². The van der Waals surface area contributed by atoms with Crippen LogP contribution in [0.5, 0.6) is 0 Å². The molecule has 8 nitrogen and oxygen atoms in total. The van der Waals surface area contributed by atoms with Gasteiger partial charge in [-0.05, 0) is 24.6 Å². The number of anilines is 1. The van der Waals surface area contributed by atoms with E-state index in [1.807, 2.05) is 35.7 Å². The Morgan fingerprint density at radius 2 is 1.93 bits per heavy atom. The van der Waals surface area contributed by atoms with Crippen molar-refractivity contribution in [3.8, 4) is 0 Å². The Kier molecular flexibility index (Phi) is 5.49. The van der Waals surface area contributed by atoms with Crippen LogP contribution in [-0.2, 0) is 9.53 Å². The van der Waals surface area contributed by atoms with E-state index in [0.29, 0.717) is 21.3 Å². The highest BCUT2D eigenvalue weighted by Gasteiger charge is 2.22. The van der Waals surface area contributed by atoms with E-state index < -0.39 is 18.0 Å². The molecule has 1 atom stereocenters. The fourth-order valence-electron chi connectivity index (χ4n) is 2.69. The predicted molar refractivity (Wildman–Crippen MR) is 109 cm³/mol. The summed E-state index contributed by atoms with van der Waals surface area (Å²) in [6, 6.07) is 7.35. The molecule has 1 aromatic carbocycles. The summed E-state index contributed by atoms with van der Waals surface area (Å²) >= 11 is 3.81. The molecule has 144 valence electrons. The molecule has 1 fully saturated rings. The Bertz CT molecular complexity index is 1000. The number of rotatable bonds is 5. The van der Waals surface area contributed by atoms with Gasteiger partial charge in [0.25, 0.3) is 5.91 Å². The Morgan fingerprint density at radius 1 is 1.18 bits per heavy atom. The highest BCUT2D eigenvalue weighted by molar-refractivity contribution is 8.19. The standard InChI is InChI=1S/C18H17N5O3S2/c1-10(16(24)23-15-13-14(20-8-19-13)21-9-22-15)26-17(25)11-2-4-12(5-3-11)18-27-6-7-28-18/h2-5,8-10,18H,6-7H2,1H3,(H2,19,20,21,22,23,24)/t10-/m1/s1. The van der Waals surface area contributed by atoms with E-state index in [-0.39, 0.29) is 5.82 Å². The number of esters is 1. The van der Waals surface area contributed by atoms with E-state index >= 15 is 0 Å². The van der Waals surface area contributed by atoms with Crippen molar-refractivity contribution in [2.45, 2.75) is 17.6 Å². The number of hydrogen-bond acceptors (Lipinski definition) is 8. The summed E-state index contributed by atoms with van der Waals surface area (Å²) in [6.07, 6.45) is 1.78. The second-order valence-corrected chi connectivity index (χ2v) is 8.78. The van der Waals surface area contributed by atoms with Crippen molar-refractivity contribution in [2.75, 3.05) is 16.8 Å². The van der Waals surface area contributed by atoms with Crippen LogP contribution in [0.15, 0.2) is 36.9 Å². The van der Waals surface area contributed by atoms with Crippen LogP contribution in [-0.4, -0.2) is 49.4 Å². The monoisotopic (exact) mass is 415 g/mol. The number of hydrogen-bond donors (Lipinski definition) is 2. The first-order chi connectivity index (χ1) is 13.6. The first kappa shape index (κ1) is 18.8. The quantitative estimate of drug-likeness (QED) is 0.612. The second-order valence-electron chi connectivity index (χ2n) is 6.06. The van der Waals surface area contributed by atoms with Gasteiger partial charge >= 0.3 is 5.97 Å². The topological polar surface area (TPSA) is 110 Å². The molecule has 3 aromatic rings. The molecule has 10 heteroatoms. The molecule has 0 saturated carbocycles. The van der Waals surface area contributed by atoms with Gasteiger partial charge in [0, 0.05) is 11.5 Å². The van der Waals surface area contributed by atoms with Gasteiger partial charge < -0.3 is 15.0 Å². The van der Waals surface area contributed by atoms with Crippen LogP contribution in [0, 0.1) is 0 Å². The third-order valence-electron chi connectivity index (χ3n) is 4.16. The van der Waals surface area contributed by atoms with Gasteiger partial charge in [-0.1, -0.05) is 12.1 Å². The highest BCUT2D eigenvalue weighted by atomic mass is 32.2. The van der Waals surface area contributed by atoms with Gasteiger partial charge in [-0.2, -0.15) is 0 Å². The molecule has 0 spiro atoms. The Hall–Kier alpha value is -2.59. The van der Waals surface area contributed by atoms with Crippen molar-refractivity contribution in [3.63, 3.8) is 0 Å². The first-order valence-electron chi connectivity index (χ1n) is 8.61. The van der Waals surface area contributed by atoms with Crippen molar-refractivity contribution in [3.05, 3.63) is 48.0 Å². The number of amides is 1. The molecular formula is C18H17N5O3S2. The van der Waals surface area contributed by atoms with Gasteiger partial charge in [-0.25, -0.2) is 19.7 Å². The van der Waals surface area contributed by atoms with E-state index in [1.165, 1.54) is 25.1 Å². The van der Waals surface area contributed by atoms with Crippen molar-refractivity contribution < 1.29 is 14.3 Å². The summed E-state index contributed by atoms with van der Waals surface area (Å²) in [5, 5.41) is 2.63. The summed E-state index contributed by atoms with van der Waals surface area (Å²) in [5.74, 6) is 1.53. The maximum Gasteiger partial charge on any atom is 0.338 e. The molecule has 2 aromatic heterocycles. The zero-order valence-electron chi connectivity index (χ0n) is 14.9. The maximum atomic E-state index is 12.4. The fourth-order valence-corrected chi connectivity index (χ4v) is 5.55. The lowest BCUT2D eigenvalue weighted by molar-refractivity contribution is -0.123. The molecule has 2 N–H and O–H groups in total. The van der Waals surface area contributed by atoms with Gasteiger partial charge in [-0.3, -0.25) is 4.79 Å². The predicted octanol–water partition coefficient (Wildman–Crippen LogP) is 3.02. The maximum absolute atomic E-state index is 12.4. The normalized spacial score (nSPS) is 15.5. The SMILES string of the molecule is C[C@@H](OC(=O)c1ccc(C2SCCS2)cc1)C(=O)Nc1ncnc2nc[nH]c12. The third-order valence-corrected chi connectivity index (χ3v) is 7.26. The number of nitrogens with one attached hydrogen (secondary N) is 2. The van der Waals surface area contributed by atoms with E-state index in [2.05, 4.69) is 25.3 Å². The minimum atomic E-state index is -0.985. The van der Waals surface area contributed by atoms with E-state index in [4.69, 9.17) is 4.74 Å². The molecule has 4 rings (SSSR count). The average Bonchev–Trinajstić information content (AvgIpc) is 3.40. The number of imidazole rings is 1. The Labute approximate surface area is 169 Å². The van der Waals surface area contributed by atoms with E-state index in [0.717, 1.165) is 11.5 Å². The molecule has 0 unspecified atom stereocenters. The van der Waals surface area contributed by atoms with Gasteiger partial charge in [0.1, 0.15) is 11.8 Å².